The molecule has 0 aliphatic heterocycles. The first-order chi connectivity index (χ1) is 44.4. The van der Waals surface area contributed by atoms with Gasteiger partial charge in [-0.15, -0.1) is 88.2 Å². The SMILES string of the molecule is Fc1c[c-]c(-c2cc(Br)ccn2)c(F)c1.Fc1c[c-]c(-c2cc(I)ccn2)c(F)c1.Fc1c[c-]c(-c2ccccn2)c(F)c1.Fc1cc(Br)c[c-]c1-c1cc(Br)ccn1.Fc1cc(Cl)c[c-]c1-c1ccccn1.O=C(O)c1cc(F)ccn1.O=C(O)c1cc(F)ccn1.[Ir].[Ir].[Ir].[Ir].[Ir]. The number of hydrogen-bond acceptors (Lipinski definition) is 9. The zero-order chi connectivity index (χ0) is 67.6. The molecule has 0 saturated carbocycles. The molecule has 0 spiro atoms. The summed E-state index contributed by atoms with van der Waals surface area (Å²) in [7, 11) is 0. The van der Waals surface area contributed by atoms with Crippen molar-refractivity contribution in [3.63, 3.8) is 0 Å². The van der Waals surface area contributed by atoms with Crippen LogP contribution in [0.15, 0.2) is 215 Å². The van der Waals surface area contributed by atoms with Crippen molar-refractivity contribution in [1.29, 1.82) is 0 Å². The predicted octanol–water partition coefficient (Wildman–Crippen LogP) is 19.2. The number of aromatic nitrogens is 7. The number of halogens is 15. The van der Waals surface area contributed by atoms with E-state index in [1.54, 1.807) is 104 Å². The smallest absolute Gasteiger partial charge is 0.354 e. The molecule has 7 heterocycles. The summed E-state index contributed by atoms with van der Waals surface area (Å²) in [4.78, 5) is 47.1. The van der Waals surface area contributed by atoms with Gasteiger partial charge in [-0.1, -0.05) is 137 Å². The summed E-state index contributed by atoms with van der Waals surface area (Å²) in [6, 6.07) is 49.5. The van der Waals surface area contributed by atoms with Crippen molar-refractivity contribution in [3.8, 4) is 56.3 Å². The van der Waals surface area contributed by atoms with E-state index in [0.717, 1.165) is 85.6 Å². The molecule has 0 fully saturated rings. The first-order valence-corrected chi connectivity index (χ1v) is 29.5. The molecule has 5 radical (unpaired) electrons. The molecule has 12 aromatic rings. The van der Waals surface area contributed by atoms with Crippen LogP contribution in [-0.2, 0) is 101 Å². The van der Waals surface area contributed by atoms with Gasteiger partial charge in [0.2, 0.25) is 0 Å². The standard InChI is InChI=1S/C11H5Br2FN.C11H5BrF2N.C11H6ClFN.C11H5F2IN.C11H6F2N.2C6H4FNO2.5Ir/c12-7-1-2-9(10(14)5-7)11-6-8(13)3-4-15-11;12-7-3-4-15-11(5-7)9-2-1-8(13)6-10(9)14;12-8-4-5-9(10(13)7-8)11-3-1-2-6-14-11;12-7-1-2-9(10(13)5-7)11-6-8(14)3-4-15-11;12-8-4-5-9(10(13)7-8)11-3-1-2-6-14-11;2*7-4-1-2-8-5(3-4)6(9)10;;;;;/h2*1,3-6H;1-4,6-7H;1,3-6H;1-4,6-7H;2*1-3H,(H,9,10);;;;;/q5*-1;;;;;;;. The Labute approximate surface area is 664 Å². The number of pyridine rings is 7. The molecule has 0 aliphatic carbocycles. The summed E-state index contributed by atoms with van der Waals surface area (Å²) in [6.07, 6.45) is 10.1. The minimum atomic E-state index is -1.22. The number of aromatic carboxylic acids is 2. The van der Waals surface area contributed by atoms with Crippen molar-refractivity contribution in [2.45, 2.75) is 0 Å². The molecule has 31 heteroatoms. The van der Waals surface area contributed by atoms with Gasteiger partial charge in [0.05, 0.1) is 0 Å². The fraction of sp³-hybridized carbons (Fsp3) is 0. The molecule has 0 atom stereocenters. The second-order valence-corrected chi connectivity index (χ2v) is 22.0. The molecule has 0 unspecified atom stereocenters. The monoisotopic (exact) mass is 2550 g/mol. The maximum absolute atomic E-state index is 13.6. The Bertz CT molecular complexity index is 4160. The minimum absolute atomic E-state index is 0. The Morgan fingerprint density at radius 1 is 0.347 bits per heavy atom. The molecular weight excluding hydrogens is 2520 g/mol. The van der Waals surface area contributed by atoms with Crippen LogP contribution in [0.2, 0.25) is 5.02 Å². The average Bonchev–Trinajstić information content (AvgIpc) is 0.895. The van der Waals surface area contributed by atoms with Gasteiger partial charge >= 0.3 is 11.9 Å². The van der Waals surface area contributed by atoms with Crippen molar-refractivity contribution < 1.29 is 164 Å². The number of carbonyl (C=O) groups is 2. The second kappa shape index (κ2) is 46.5. The predicted molar refractivity (Wildman–Crippen MR) is 345 cm³/mol. The van der Waals surface area contributed by atoms with Crippen LogP contribution in [0.1, 0.15) is 21.0 Å². The Morgan fingerprint density at radius 3 is 0.990 bits per heavy atom. The van der Waals surface area contributed by atoms with Gasteiger partial charge in [0.25, 0.3) is 0 Å². The fourth-order valence-electron chi connectivity index (χ4n) is 6.90. The number of benzene rings is 5. The van der Waals surface area contributed by atoms with E-state index in [0.29, 0.717) is 49.1 Å². The van der Waals surface area contributed by atoms with Crippen molar-refractivity contribution in [2.24, 2.45) is 0 Å². The molecule has 0 amide bonds. The van der Waals surface area contributed by atoms with E-state index in [4.69, 9.17) is 21.8 Å². The van der Waals surface area contributed by atoms with Gasteiger partial charge in [0, 0.05) is 215 Å². The third-order valence-electron chi connectivity index (χ3n) is 10.9. The van der Waals surface area contributed by atoms with Gasteiger partial charge in [0.15, 0.2) is 11.4 Å². The summed E-state index contributed by atoms with van der Waals surface area (Å²) in [5.74, 6) is -8.26. The van der Waals surface area contributed by atoms with Gasteiger partial charge in [-0.2, -0.15) is 0 Å². The molecular formula is C67H35Br3ClF10IIr5N7O4-5. The number of carboxylic acid groups (broad SMARTS) is 2. The number of nitrogens with zero attached hydrogens (tertiary/aromatic N) is 7. The average molecular weight is 2560 g/mol. The molecule has 98 heavy (non-hydrogen) atoms. The summed E-state index contributed by atoms with van der Waals surface area (Å²) < 4.78 is 132. The van der Waals surface area contributed by atoms with Crippen molar-refractivity contribution in [2.75, 3.05) is 0 Å². The summed E-state index contributed by atoms with van der Waals surface area (Å²) in [6.45, 7) is 0. The first kappa shape index (κ1) is 90.1. The Balaban J connectivity index is 0.000000570. The van der Waals surface area contributed by atoms with Crippen molar-refractivity contribution >= 4 is 93.9 Å². The van der Waals surface area contributed by atoms with Crippen LogP contribution in [0.4, 0.5) is 43.9 Å². The van der Waals surface area contributed by atoms with Gasteiger partial charge in [-0.25, -0.2) is 28.3 Å². The molecule has 0 bridgehead atoms. The molecule has 0 saturated heterocycles. The fourth-order valence-corrected chi connectivity index (χ4v) is 8.49. The molecule has 2 N–H and O–H groups in total. The minimum Gasteiger partial charge on any atom is -0.477 e. The van der Waals surface area contributed by atoms with Gasteiger partial charge in [0.1, 0.15) is 11.6 Å². The maximum atomic E-state index is 13.6. The largest absolute Gasteiger partial charge is 0.477 e. The Morgan fingerprint density at radius 2 is 0.673 bits per heavy atom. The molecule has 5 aromatic carbocycles. The van der Waals surface area contributed by atoms with E-state index in [1.807, 2.05) is 0 Å². The number of carboxylic acids is 2. The van der Waals surface area contributed by atoms with Gasteiger partial charge in [-0.3, -0.25) is 35.1 Å². The topological polar surface area (TPSA) is 165 Å². The van der Waals surface area contributed by atoms with E-state index >= 15 is 0 Å². The number of hydrogen-bond donors (Lipinski definition) is 2. The molecule has 12 rings (SSSR count). The number of rotatable bonds is 7. The van der Waals surface area contributed by atoms with E-state index in [2.05, 4.69) is 136 Å². The third-order valence-corrected chi connectivity index (χ3v) is 13.3. The van der Waals surface area contributed by atoms with Crippen LogP contribution < -0.4 is 0 Å². The third kappa shape index (κ3) is 30.5. The molecule has 7 aromatic heterocycles. The quantitative estimate of drug-likeness (QED) is 0.0886. The van der Waals surface area contributed by atoms with E-state index in [9.17, 15) is 53.5 Å². The Kier molecular flexibility index (Phi) is 42.8. The normalized spacial score (nSPS) is 9.54. The van der Waals surface area contributed by atoms with Crippen LogP contribution in [0, 0.1) is 92.1 Å². The summed E-state index contributed by atoms with van der Waals surface area (Å²) in [5.41, 5.74) is 3.15. The zero-order valence-electron chi connectivity index (χ0n) is 48.2. The maximum Gasteiger partial charge on any atom is 0.354 e. The van der Waals surface area contributed by atoms with E-state index in [-0.39, 0.29) is 134 Å². The van der Waals surface area contributed by atoms with Gasteiger partial charge < -0.3 is 35.1 Å². The van der Waals surface area contributed by atoms with Crippen LogP contribution >= 0.6 is 82.0 Å². The molecule has 0 aliphatic rings. The Hall–Kier alpha value is -5.90. The van der Waals surface area contributed by atoms with E-state index < -0.39 is 64.3 Å². The summed E-state index contributed by atoms with van der Waals surface area (Å²) >= 11 is 17.5. The zero-order valence-corrected chi connectivity index (χ0v) is 67.9. The first-order valence-electron chi connectivity index (χ1n) is 25.7. The van der Waals surface area contributed by atoms with Gasteiger partial charge in [-0.05, 0) is 98.5 Å². The summed E-state index contributed by atoms with van der Waals surface area (Å²) in [5, 5.41) is 16.9. The van der Waals surface area contributed by atoms with Crippen molar-refractivity contribution in [1.82, 2.24) is 34.9 Å². The van der Waals surface area contributed by atoms with Crippen LogP contribution in [-0.4, -0.2) is 57.0 Å². The molecule has 517 valence electrons. The van der Waals surface area contributed by atoms with E-state index in [1.165, 1.54) is 24.4 Å². The molecule has 11 nitrogen and oxygen atoms in total. The van der Waals surface area contributed by atoms with Crippen LogP contribution in [0.25, 0.3) is 56.3 Å². The van der Waals surface area contributed by atoms with Crippen LogP contribution in [0.3, 0.4) is 0 Å². The van der Waals surface area contributed by atoms with Crippen molar-refractivity contribution in [3.05, 3.63) is 323 Å². The van der Waals surface area contributed by atoms with Crippen LogP contribution in [0.5, 0.6) is 0 Å². The second-order valence-electron chi connectivity index (χ2n) is 17.5.